The molecule has 9 aromatic rings. The largest absolute Gasteiger partial charge is 0.0622 e. The van der Waals surface area contributed by atoms with E-state index < -0.39 is 0 Å². The molecule has 0 aliphatic heterocycles. The van der Waals surface area contributed by atoms with Crippen LogP contribution in [-0.4, -0.2) is 0 Å². The van der Waals surface area contributed by atoms with Gasteiger partial charge in [-0.1, -0.05) is 194 Å². The highest BCUT2D eigenvalue weighted by Gasteiger charge is 2.24. The van der Waals surface area contributed by atoms with E-state index >= 15 is 0 Å². The summed E-state index contributed by atoms with van der Waals surface area (Å²) in [6.07, 6.45) is 0.967. The number of hydrogen-bond acceptors (Lipinski definition) is 0. The first-order valence-corrected chi connectivity index (χ1v) is 17.8. The van der Waals surface area contributed by atoms with E-state index in [0.717, 1.165) is 6.42 Å². The molecule has 9 aromatic carbocycles. The Bertz CT molecular complexity index is 2700. The molecule has 0 unspecified atom stereocenters. The molecule has 0 saturated heterocycles. The van der Waals surface area contributed by atoms with Crippen molar-refractivity contribution in [1.29, 1.82) is 0 Å². The van der Waals surface area contributed by atoms with Crippen LogP contribution in [0.2, 0.25) is 0 Å². The second kappa shape index (κ2) is 12.1. The van der Waals surface area contributed by atoms with E-state index in [9.17, 15) is 0 Å². The molecule has 0 nitrogen and oxygen atoms in total. The van der Waals surface area contributed by atoms with Crippen LogP contribution >= 0.6 is 0 Å². The van der Waals surface area contributed by atoms with Gasteiger partial charge in [-0.15, -0.1) is 0 Å². The van der Waals surface area contributed by atoms with Crippen molar-refractivity contribution in [2.45, 2.75) is 6.42 Å². The Balaban J connectivity index is 1.30. The minimum atomic E-state index is 0.967. The van der Waals surface area contributed by atoms with E-state index in [0.29, 0.717) is 0 Å². The lowest BCUT2D eigenvalue weighted by molar-refractivity contribution is 1.26. The molecule has 10 rings (SSSR count). The molecule has 0 bridgehead atoms. The molecule has 51 heavy (non-hydrogen) atoms. The molecular formula is C51H34. The van der Waals surface area contributed by atoms with E-state index in [1.54, 1.807) is 0 Å². The second-order valence-electron chi connectivity index (χ2n) is 13.6. The topological polar surface area (TPSA) is 0 Å². The molecule has 0 aromatic heterocycles. The van der Waals surface area contributed by atoms with Crippen LogP contribution in [0.4, 0.5) is 0 Å². The number of fused-ring (bicyclic) bond motifs is 5. The number of hydrogen-bond donors (Lipinski definition) is 0. The molecule has 1 aliphatic rings. The zero-order valence-corrected chi connectivity index (χ0v) is 28.2. The summed E-state index contributed by atoms with van der Waals surface area (Å²) in [6.45, 7) is 0. The van der Waals surface area contributed by atoms with Crippen LogP contribution < -0.4 is 0 Å². The standard InChI is InChI=1S/C51H34/c1-3-16-34(17-4-1)39-21-9-10-23-44(39)49-45-24-11-13-26-47(45)51(48-27-14-12-25-46(48)49)50-42(35-18-5-2-6-19-35)28-15-29-43(50)37-30-31-41-38(33-37)32-36-20-7-8-22-40(36)41/h1-31,33H,32H2. The van der Waals surface area contributed by atoms with Crippen molar-refractivity contribution in [3.8, 4) is 66.8 Å². The molecule has 0 heterocycles. The monoisotopic (exact) mass is 646 g/mol. The maximum atomic E-state index is 2.44. The van der Waals surface area contributed by atoms with Gasteiger partial charge in [-0.05, 0) is 106 Å². The molecule has 0 spiro atoms. The van der Waals surface area contributed by atoms with Gasteiger partial charge in [0.1, 0.15) is 0 Å². The average Bonchev–Trinajstić information content (AvgIpc) is 3.58. The summed E-state index contributed by atoms with van der Waals surface area (Å²) in [5.41, 5.74) is 18.0. The first-order chi connectivity index (χ1) is 25.3. The molecule has 1 aliphatic carbocycles. The maximum Gasteiger partial charge on any atom is -0.00132 e. The summed E-state index contributed by atoms with van der Waals surface area (Å²) < 4.78 is 0. The van der Waals surface area contributed by atoms with Gasteiger partial charge in [0.05, 0.1) is 0 Å². The summed E-state index contributed by atoms with van der Waals surface area (Å²) in [7, 11) is 0. The van der Waals surface area contributed by atoms with Crippen LogP contribution in [0.5, 0.6) is 0 Å². The zero-order valence-electron chi connectivity index (χ0n) is 28.2. The molecule has 238 valence electrons. The van der Waals surface area contributed by atoms with Crippen LogP contribution in [0.3, 0.4) is 0 Å². The molecule has 0 saturated carbocycles. The van der Waals surface area contributed by atoms with Gasteiger partial charge in [0, 0.05) is 0 Å². The average molecular weight is 647 g/mol. The normalized spacial score (nSPS) is 11.8. The van der Waals surface area contributed by atoms with Gasteiger partial charge in [-0.3, -0.25) is 0 Å². The van der Waals surface area contributed by atoms with Gasteiger partial charge in [0.15, 0.2) is 0 Å². The van der Waals surface area contributed by atoms with Crippen molar-refractivity contribution in [3.05, 3.63) is 205 Å². The third kappa shape index (κ3) is 4.83. The van der Waals surface area contributed by atoms with Crippen LogP contribution in [0, 0.1) is 0 Å². The van der Waals surface area contributed by atoms with Crippen molar-refractivity contribution in [1.82, 2.24) is 0 Å². The first kappa shape index (κ1) is 29.4. The third-order valence-corrected chi connectivity index (χ3v) is 10.7. The maximum absolute atomic E-state index is 2.44. The van der Waals surface area contributed by atoms with Gasteiger partial charge in [0.25, 0.3) is 0 Å². The fraction of sp³-hybridized carbons (Fsp3) is 0.0196. The Kier molecular flexibility index (Phi) is 6.99. The van der Waals surface area contributed by atoms with E-state index in [1.165, 1.54) is 99.4 Å². The van der Waals surface area contributed by atoms with Crippen LogP contribution in [0.1, 0.15) is 11.1 Å². The highest BCUT2D eigenvalue weighted by molar-refractivity contribution is 6.24. The Morgan fingerprint density at radius 3 is 1.33 bits per heavy atom. The van der Waals surface area contributed by atoms with Gasteiger partial charge >= 0.3 is 0 Å². The van der Waals surface area contributed by atoms with E-state index in [2.05, 4.69) is 194 Å². The van der Waals surface area contributed by atoms with E-state index in [1.807, 2.05) is 0 Å². The molecule has 0 atom stereocenters. The van der Waals surface area contributed by atoms with E-state index in [-0.39, 0.29) is 0 Å². The lowest BCUT2D eigenvalue weighted by atomic mass is 9.80. The van der Waals surface area contributed by atoms with Gasteiger partial charge in [0.2, 0.25) is 0 Å². The minimum absolute atomic E-state index is 0.967. The molecular weight excluding hydrogens is 613 g/mol. The number of rotatable bonds is 5. The molecule has 0 amide bonds. The summed E-state index contributed by atoms with van der Waals surface area (Å²) in [4.78, 5) is 0. The van der Waals surface area contributed by atoms with Gasteiger partial charge < -0.3 is 0 Å². The fourth-order valence-corrected chi connectivity index (χ4v) is 8.49. The SMILES string of the molecule is c1ccc(-c2ccccc2-c2c3ccccc3c(-c3c(-c4ccccc4)cccc3-c3ccc4c(c3)Cc3ccccc3-4)c3ccccc23)cc1. The van der Waals surface area contributed by atoms with Crippen molar-refractivity contribution < 1.29 is 0 Å². The lowest BCUT2D eigenvalue weighted by Crippen LogP contribution is -1.96. The van der Waals surface area contributed by atoms with Crippen molar-refractivity contribution in [2.75, 3.05) is 0 Å². The van der Waals surface area contributed by atoms with Crippen molar-refractivity contribution in [3.63, 3.8) is 0 Å². The highest BCUT2D eigenvalue weighted by Crippen LogP contribution is 2.51. The molecule has 0 N–H and O–H groups in total. The van der Waals surface area contributed by atoms with Gasteiger partial charge in [-0.25, -0.2) is 0 Å². The smallest absolute Gasteiger partial charge is 0.00132 e. The second-order valence-corrected chi connectivity index (χ2v) is 13.6. The Morgan fingerprint density at radius 1 is 0.235 bits per heavy atom. The first-order valence-electron chi connectivity index (χ1n) is 17.8. The third-order valence-electron chi connectivity index (χ3n) is 10.7. The minimum Gasteiger partial charge on any atom is -0.0622 e. The Labute approximate surface area is 298 Å². The summed E-state index contributed by atoms with van der Waals surface area (Å²) in [5, 5.41) is 5.03. The summed E-state index contributed by atoms with van der Waals surface area (Å²) in [5.74, 6) is 0. The molecule has 0 radical (unpaired) electrons. The quantitative estimate of drug-likeness (QED) is 0.163. The highest BCUT2D eigenvalue weighted by atomic mass is 14.3. The van der Waals surface area contributed by atoms with Crippen LogP contribution in [-0.2, 0) is 6.42 Å². The van der Waals surface area contributed by atoms with Crippen molar-refractivity contribution in [2.24, 2.45) is 0 Å². The summed E-state index contributed by atoms with van der Waals surface area (Å²) in [6, 6.07) is 71.5. The molecule has 0 heteroatoms. The zero-order chi connectivity index (χ0) is 33.7. The fourth-order valence-electron chi connectivity index (χ4n) is 8.49. The van der Waals surface area contributed by atoms with Crippen molar-refractivity contribution >= 4 is 21.5 Å². The predicted molar refractivity (Wildman–Crippen MR) is 217 cm³/mol. The Hall–Kier alpha value is -6.50. The molecule has 0 fully saturated rings. The van der Waals surface area contributed by atoms with Gasteiger partial charge in [-0.2, -0.15) is 0 Å². The van der Waals surface area contributed by atoms with Crippen LogP contribution in [0.25, 0.3) is 88.3 Å². The number of benzene rings is 9. The summed E-state index contributed by atoms with van der Waals surface area (Å²) >= 11 is 0. The van der Waals surface area contributed by atoms with E-state index in [4.69, 9.17) is 0 Å². The lowest BCUT2D eigenvalue weighted by Gasteiger charge is -2.23. The Morgan fingerprint density at radius 2 is 0.686 bits per heavy atom. The van der Waals surface area contributed by atoms with Crippen LogP contribution in [0.15, 0.2) is 194 Å². The predicted octanol–water partition coefficient (Wildman–Crippen LogP) is 13.9.